The highest BCUT2D eigenvalue weighted by atomic mass is 16.3. The molecule has 2 N–H and O–H groups in total. The molecule has 1 aromatic carbocycles. The molecule has 3 nitrogen and oxygen atoms in total. The van der Waals surface area contributed by atoms with Gasteiger partial charge in [0.05, 0.1) is 0 Å². The molecule has 0 atom stereocenters. The lowest BCUT2D eigenvalue weighted by molar-refractivity contribution is 0.476. The van der Waals surface area contributed by atoms with Crippen LogP contribution in [0.15, 0.2) is 30.5 Å². The maximum Gasteiger partial charge on any atom is 0.134 e. The summed E-state index contributed by atoms with van der Waals surface area (Å²) in [6.07, 6.45) is 4.39. The van der Waals surface area contributed by atoms with Gasteiger partial charge in [0.25, 0.3) is 0 Å². The van der Waals surface area contributed by atoms with Gasteiger partial charge >= 0.3 is 0 Å². The second-order valence-electron chi connectivity index (χ2n) is 5.69. The van der Waals surface area contributed by atoms with E-state index in [1.807, 2.05) is 18.3 Å². The SMILES string of the molecule is CC(C)(Nc1nccc2ccc(O)cc12)C1CC1. The zero-order valence-electron chi connectivity index (χ0n) is 10.8. The molecule has 0 saturated heterocycles. The predicted molar refractivity (Wildman–Crippen MR) is 73.8 cm³/mol. The summed E-state index contributed by atoms with van der Waals surface area (Å²) in [6, 6.07) is 7.36. The summed E-state index contributed by atoms with van der Waals surface area (Å²) in [6.45, 7) is 4.43. The highest BCUT2D eigenvalue weighted by Gasteiger charge is 2.38. The Labute approximate surface area is 107 Å². The monoisotopic (exact) mass is 242 g/mol. The first-order chi connectivity index (χ1) is 8.56. The van der Waals surface area contributed by atoms with Crippen LogP contribution in [-0.2, 0) is 0 Å². The average molecular weight is 242 g/mol. The third-order valence-electron chi connectivity index (χ3n) is 3.79. The Balaban J connectivity index is 2.03. The highest BCUT2D eigenvalue weighted by molar-refractivity contribution is 5.92. The van der Waals surface area contributed by atoms with Crippen molar-refractivity contribution in [2.24, 2.45) is 5.92 Å². The Morgan fingerprint density at radius 1 is 1.28 bits per heavy atom. The van der Waals surface area contributed by atoms with Crippen molar-refractivity contribution in [2.75, 3.05) is 5.32 Å². The lowest BCUT2D eigenvalue weighted by atomic mass is 9.98. The molecule has 94 valence electrons. The van der Waals surface area contributed by atoms with Crippen LogP contribution < -0.4 is 5.32 Å². The first kappa shape index (κ1) is 11.3. The van der Waals surface area contributed by atoms with E-state index in [1.54, 1.807) is 12.1 Å². The van der Waals surface area contributed by atoms with E-state index in [4.69, 9.17) is 0 Å². The van der Waals surface area contributed by atoms with Gasteiger partial charge < -0.3 is 10.4 Å². The number of fused-ring (bicyclic) bond motifs is 1. The van der Waals surface area contributed by atoms with Gasteiger partial charge in [-0.2, -0.15) is 0 Å². The molecule has 2 aromatic rings. The van der Waals surface area contributed by atoms with E-state index in [2.05, 4.69) is 24.1 Å². The Hall–Kier alpha value is -1.77. The van der Waals surface area contributed by atoms with Crippen molar-refractivity contribution in [3.05, 3.63) is 30.5 Å². The summed E-state index contributed by atoms with van der Waals surface area (Å²) in [5.41, 5.74) is 0.0622. The van der Waals surface area contributed by atoms with E-state index in [1.165, 1.54) is 12.8 Å². The molecule has 0 radical (unpaired) electrons. The molecule has 0 bridgehead atoms. The Bertz CT molecular complexity index is 588. The van der Waals surface area contributed by atoms with E-state index < -0.39 is 0 Å². The number of anilines is 1. The first-order valence-electron chi connectivity index (χ1n) is 6.42. The van der Waals surface area contributed by atoms with Gasteiger partial charge in [0.15, 0.2) is 0 Å². The Morgan fingerprint density at radius 3 is 2.78 bits per heavy atom. The van der Waals surface area contributed by atoms with E-state index in [-0.39, 0.29) is 11.3 Å². The molecular formula is C15H18N2O. The van der Waals surface area contributed by atoms with Crippen molar-refractivity contribution in [1.29, 1.82) is 0 Å². The number of nitrogens with one attached hydrogen (secondary N) is 1. The van der Waals surface area contributed by atoms with Crippen LogP contribution in [0.2, 0.25) is 0 Å². The van der Waals surface area contributed by atoms with E-state index in [0.717, 1.165) is 22.5 Å². The minimum Gasteiger partial charge on any atom is -0.508 e. The molecule has 1 saturated carbocycles. The number of benzene rings is 1. The molecule has 3 rings (SSSR count). The average Bonchev–Trinajstić information content (AvgIpc) is 3.13. The Kier molecular flexibility index (Phi) is 2.44. The topological polar surface area (TPSA) is 45.2 Å². The molecule has 0 aliphatic heterocycles. The molecule has 0 unspecified atom stereocenters. The van der Waals surface area contributed by atoms with Crippen molar-refractivity contribution < 1.29 is 5.11 Å². The molecular weight excluding hydrogens is 224 g/mol. The molecule has 1 heterocycles. The predicted octanol–water partition coefficient (Wildman–Crippen LogP) is 3.54. The standard InChI is InChI=1S/C15H18N2O/c1-15(2,11-4-5-11)17-14-13-9-12(18)6-3-10(13)7-8-16-14/h3,6-9,11,18H,4-5H2,1-2H3,(H,16,17). The minimum atomic E-state index is 0.0622. The number of nitrogens with zero attached hydrogens (tertiary/aromatic N) is 1. The molecule has 18 heavy (non-hydrogen) atoms. The van der Waals surface area contributed by atoms with Gasteiger partial charge in [-0.1, -0.05) is 6.07 Å². The van der Waals surface area contributed by atoms with Crippen LogP contribution in [0.4, 0.5) is 5.82 Å². The summed E-state index contributed by atoms with van der Waals surface area (Å²) in [7, 11) is 0. The first-order valence-corrected chi connectivity index (χ1v) is 6.42. The quantitative estimate of drug-likeness (QED) is 0.865. The van der Waals surface area contributed by atoms with E-state index in [9.17, 15) is 5.11 Å². The number of aromatic hydroxyl groups is 1. The van der Waals surface area contributed by atoms with Crippen LogP contribution in [0.25, 0.3) is 10.8 Å². The second-order valence-corrected chi connectivity index (χ2v) is 5.69. The fourth-order valence-electron chi connectivity index (χ4n) is 2.47. The van der Waals surface area contributed by atoms with Gasteiger partial charge in [0.2, 0.25) is 0 Å². The fraction of sp³-hybridized carbons (Fsp3) is 0.400. The number of rotatable bonds is 3. The van der Waals surface area contributed by atoms with Crippen molar-refractivity contribution in [2.45, 2.75) is 32.2 Å². The molecule has 1 aromatic heterocycles. The number of hydrogen-bond acceptors (Lipinski definition) is 3. The largest absolute Gasteiger partial charge is 0.508 e. The maximum absolute atomic E-state index is 9.62. The fourth-order valence-corrected chi connectivity index (χ4v) is 2.47. The zero-order chi connectivity index (χ0) is 12.8. The smallest absolute Gasteiger partial charge is 0.134 e. The van der Waals surface area contributed by atoms with Crippen molar-refractivity contribution in [3.63, 3.8) is 0 Å². The highest BCUT2D eigenvalue weighted by Crippen LogP contribution is 2.41. The number of phenolic OH excluding ortho intramolecular Hbond substituents is 1. The summed E-state index contributed by atoms with van der Waals surface area (Å²) in [5.74, 6) is 1.87. The zero-order valence-corrected chi connectivity index (χ0v) is 10.8. The van der Waals surface area contributed by atoms with E-state index >= 15 is 0 Å². The molecule has 3 heteroatoms. The molecule has 0 spiro atoms. The third-order valence-corrected chi connectivity index (χ3v) is 3.79. The van der Waals surface area contributed by atoms with Gasteiger partial charge in [0, 0.05) is 17.1 Å². The van der Waals surface area contributed by atoms with Crippen molar-refractivity contribution >= 4 is 16.6 Å². The van der Waals surface area contributed by atoms with Crippen LogP contribution in [0.3, 0.4) is 0 Å². The van der Waals surface area contributed by atoms with Gasteiger partial charge in [-0.25, -0.2) is 4.98 Å². The van der Waals surface area contributed by atoms with Crippen LogP contribution in [-0.4, -0.2) is 15.6 Å². The number of pyridine rings is 1. The van der Waals surface area contributed by atoms with Gasteiger partial charge in [-0.15, -0.1) is 0 Å². The number of phenols is 1. The molecule has 1 aliphatic carbocycles. The summed E-state index contributed by atoms with van der Waals surface area (Å²) in [4.78, 5) is 4.42. The molecule has 0 amide bonds. The Morgan fingerprint density at radius 2 is 2.06 bits per heavy atom. The van der Waals surface area contributed by atoms with Crippen LogP contribution in [0.5, 0.6) is 5.75 Å². The number of aromatic nitrogens is 1. The van der Waals surface area contributed by atoms with Crippen molar-refractivity contribution in [1.82, 2.24) is 4.98 Å². The third kappa shape index (κ3) is 2.01. The van der Waals surface area contributed by atoms with Crippen molar-refractivity contribution in [3.8, 4) is 5.75 Å². The lowest BCUT2D eigenvalue weighted by Gasteiger charge is -2.27. The van der Waals surface area contributed by atoms with Crippen LogP contribution in [0.1, 0.15) is 26.7 Å². The lowest BCUT2D eigenvalue weighted by Crippen LogP contribution is -2.33. The van der Waals surface area contributed by atoms with E-state index in [0.29, 0.717) is 0 Å². The molecule has 1 aliphatic rings. The number of hydrogen-bond donors (Lipinski definition) is 2. The maximum atomic E-state index is 9.62. The minimum absolute atomic E-state index is 0.0622. The summed E-state index contributed by atoms with van der Waals surface area (Å²) in [5, 5.41) is 15.2. The van der Waals surface area contributed by atoms with Gasteiger partial charge in [-0.3, -0.25) is 0 Å². The van der Waals surface area contributed by atoms with Gasteiger partial charge in [0.1, 0.15) is 11.6 Å². The summed E-state index contributed by atoms with van der Waals surface area (Å²) >= 11 is 0. The van der Waals surface area contributed by atoms with Crippen LogP contribution >= 0.6 is 0 Å². The van der Waals surface area contributed by atoms with Gasteiger partial charge in [-0.05, 0) is 56.2 Å². The second kappa shape index (κ2) is 3.87. The molecule has 1 fully saturated rings. The summed E-state index contributed by atoms with van der Waals surface area (Å²) < 4.78 is 0. The van der Waals surface area contributed by atoms with Crippen LogP contribution in [0, 0.1) is 5.92 Å². The normalized spacial score (nSPS) is 15.9.